The fraction of sp³-hybridized carbons (Fsp3) is 0.529. The Hall–Kier alpha value is -1.30. The van der Waals surface area contributed by atoms with Crippen LogP contribution in [0.3, 0.4) is 0 Å². The van der Waals surface area contributed by atoms with E-state index in [4.69, 9.17) is 47.3 Å². The van der Waals surface area contributed by atoms with E-state index >= 15 is 0 Å². The van der Waals surface area contributed by atoms with Crippen LogP contribution in [0.4, 0.5) is 11.4 Å². The summed E-state index contributed by atoms with van der Waals surface area (Å²) in [4.78, 5) is 0. The molecule has 0 saturated carbocycles. The van der Waals surface area contributed by atoms with E-state index in [1.54, 1.807) is 45.9 Å². The minimum atomic E-state index is -3.58. The van der Waals surface area contributed by atoms with Crippen LogP contribution < -0.4 is 25.5 Å². The first-order valence-electron chi connectivity index (χ1n) is 9.78. The lowest BCUT2D eigenvalue weighted by Crippen LogP contribution is -2.28. The van der Waals surface area contributed by atoms with Crippen LogP contribution in [0.25, 0.3) is 0 Å². The van der Waals surface area contributed by atoms with Gasteiger partial charge in [-0.25, -0.2) is 9.13 Å². The number of nitrogens with one attached hydrogen (secondary N) is 4. The lowest BCUT2D eigenvalue weighted by atomic mass is 10.2. The fourth-order valence-corrected chi connectivity index (χ4v) is 5.59. The van der Waals surface area contributed by atoms with Gasteiger partial charge in [-0.1, -0.05) is 0 Å². The van der Waals surface area contributed by atoms with Gasteiger partial charge in [0, 0.05) is 11.8 Å². The molecule has 1 aromatic carbocycles. The third kappa shape index (κ3) is 9.68. The molecule has 0 aromatic heterocycles. The Labute approximate surface area is 199 Å². The molecule has 1 rings (SSSR count). The molecule has 0 atom stereocenters. The van der Waals surface area contributed by atoms with Crippen LogP contribution in [-0.4, -0.2) is 43.8 Å². The zero-order chi connectivity index (χ0) is 24.2. The van der Waals surface area contributed by atoms with Crippen LogP contribution in [0.5, 0.6) is 5.75 Å². The molecule has 0 fully saturated rings. The van der Waals surface area contributed by atoms with E-state index in [2.05, 4.69) is 20.8 Å². The lowest BCUT2D eigenvalue weighted by Gasteiger charge is -2.21. The second-order valence-corrected chi connectivity index (χ2v) is 10.00. The lowest BCUT2D eigenvalue weighted by molar-refractivity contribution is 0.215. The van der Waals surface area contributed by atoms with Gasteiger partial charge in [-0.3, -0.25) is 28.3 Å². The van der Waals surface area contributed by atoms with Crippen molar-refractivity contribution in [1.82, 2.24) is 10.2 Å². The molecule has 0 spiro atoms. The van der Waals surface area contributed by atoms with Gasteiger partial charge >= 0.3 is 15.5 Å². The van der Waals surface area contributed by atoms with Gasteiger partial charge in [0.25, 0.3) is 0 Å². The molecule has 0 saturated heterocycles. The van der Waals surface area contributed by atoms with E-state index in [0.29, 0.717) is 17.1 Å². The van der Waals surface area contributed by atoms with Gasteiger partial charge in [-0.2, -0.15) is 0 Å². The third-order valence-corrected chi connectivity index (χ3v) is 7.48. The van der Waals surface area contributed by atoms with Crippen molar-refractivity contribution in [2.24, 2.45) is 0 Å². The van der Waals surface area contributed by atoms with E-state index in [0.717, 1.165) is 0 Å². The Kier molecular flexibility index (Phi) is 12.6. The number of benzene rings is 1. The second kappa shape index (κ2) is 14.1. The van der Waals surface area contributed by atoms with Crippen LogP contribution >= 0.6 is 39.9 Å². The van der Waals surface area contributed by atoms with Gasteiger partial charge in [0.15, 0.2) is 10.2 Å². The smallest absolute Gasteiger partial charge is 0.434 e. The first-order valence-corrected chi connectivity index (χ1v) is 13.7. The molecule has 0 bridgehead atoms. The maximum absolute atomic E-state index is 12.6. The van der Waals surface area contributed by atoms with Crippen LogP contribution in [0.1, 0.15) is 27.7 Å². The maximum Gasteiger partial charge on any atom is 0.434 e. The van der Waals surface area contributed by atoms with Crippen molar-refractivity contribution in [1.29, 1.82) is 0 Å². The largest absolute Gasteiger partial charge is 0.494 e. The summed E-state index contributed by atoms with van der Waals surface area (Å²) in [5.74, 6) is 0.405. The number of methoxy groups -OCH3 is 1. The molecule has 32 heavy (non-hydrogen) atoms. The van der Waals surface area contributed by atoms with E-state index in [-0.39, 0.29) is 36.7 Å². The first kappa shape index (κ1) is 28.7. The third-order valence-electron chi connectivity index (χ3n) is 3.38. The molecule has 0 aliphatic heterocycles. The van der Waals surface area contributed by atoms with Crippen molar-refractivity contribution in [2.45, 2.75) is 27.7 Å². The Morgan fingerprint density at radius 1 is 0.812 bits per heavy atom. The highest BCUT2D eigenvalue weighted by Gasteiger charge is 2.26. The Balaban J connectivity index is 2.87. The van der Waals surface area contributed by atoms with E-state index in [9.17, 15) is 9.13 Å². The van der Waals surface area contributed by atoms with Gasteiger partial charge < -0.3 is 15.4 Å². The summed E-state index contributed by atoms with van der Waals surface area (Å²) in [5.41, 5.74) is 1.03. The van der Waals surface area contributed by atoms with Gasteiger partial charge in [-0.15, -0.1) is 0 Å². The second-order valence-electron chi connectivity index (χ2n) is 5.71. The van der Waals surface area contributed by atoms with Crippen molar-refractivity contribution in [3.05, 3.63) is 18.2 Å². The molecular weight excluding hydrogens is 498 g/mol. The highest BCUT2D eigenvalue weighted by atomic mass is 32.1. The zero-order valence-electron chi connectivity index (χ0n) is 18.6. The van der Waals surface area contributed by atoms with Crippen molar-refractivity contribution < 1.29 is 32.0 Å². The number of hydrogen-bond donors (Lipinski definition) is 4. The molecule has 182 valence electrons. The van der Waals surface area contributed by atoms with Gasteiger partial charge in [0.2, 0.25) is 0 Å². The quantitative estimate of drug-likeness (QED) is 0.210. The van der Waals surface area contributed by atoms with Crippen molar-refractivity contribution in [2.75, 3.05) is 44.2 Å². The Morgan fingerprint density at radius 2 is 1.25 bits per heavy atom. The molecule has 0 unspecified atom stereocenters. The Bertz CT molecular complexity index is 855. The van der Waals surface area contributed by atoms with Gasteiger partial charge in [-0.05, 0) is 64.3 Å². The number of hydrogen-bond acceptors (Lipinski definition) is 9. The van der Waals surface area contributed by atoms with Crippen molar-refractivity contribution in [3.8, 4) is 5.75 Å². The topological polar surface area (TPSA) is 128 Å². The van der Waals surface area contributed by atoms with Crippen LogP contribution in [0.2, 0.25) is 0 Å². The monoisotopic (exact) mass is 528 g/mol. The predicted molar refractivity (Wildman–Crippen MR) is 133 cm³/mol. The first-order chi connectivity index (χ1) is 15.1. The molecule has 15 heteroatoms. The van der Waals surface area contributed by atoms with Crippen LogP contribution in [0, 0.1) is 0 Å². The maximum atomic E-state index is 12.6. The molecule has 0 radical (unpaired) electrons. The summed E-state index contributed by atoms with van der Waals surface area (Å²) in [6, 6.07) is 4.98. The average Bonchev–Trinajstić information content (AvgIpc) is 2.69. The molecule has 0 heterocycles. The normalized spacial score (nSPS) is 11.5. The Morgan fingerprint density at radius 3 is 1.66 bits per heavy atom. The summed E-state index contributed by atoms with van der Waals surface area (Å²) in [5, 5.41) is 11.0. The van der Waals surface area contributed by atoms with Gasteiger partial charge in [0.05, 0.1) is 39.2 Å². The predicted octanol–water partition coefficient (Wildman–Crippen LogP) is 4.63. The molecule has 0 aliphatic rings. The fourth-order valence-electron chi connectivity index (χ4n) is 2.31. The number of anilines is 2. The zero-order valence-corrected chi connectivity index (χ0v) is 22.1. The molecule has 0 aliphatic carbocycles. The number of thiocarbonyl (C=S) groups is 2. The van der Waals surface area contributed by atoms with Crippen molar-refractivity contribution >= 4 is 61.5 Å². The molecule has 0 amide bonds. The molecule has 4 N–H and O–H groups in total. The summed E-state index contributed by atoms with van der Waals surface area (Å²) in [6.07, 6.45) is 0. The summed E-state index contributed by atoms with van der Waals surface area (Å²) in [6.45, 7) is 7.53. The highest BCUT2D eigenvalue weighted by molar-refractivity contribution is 7.81. The number of ether oxygens (including phenoxy) is 1. The molecule has 1 aromatic rings. The SMILES string of the molecule is CCOP(=O)(NC(=S)Nc1ccc(NC(=S)NP(=O)(OCC)OCC)c(OC)c1)OCC. The molecular formula is C17H30N4O7P2S2. The van der Waals surface area contributed by atoms with Crippen LogP contribution in [-0.2, 0) is 27.2 Å². The average molecular weight is 529 g/mol. The van der Waals surface area contributed by atoms with Crippen LogP contribution in [0.15, 0.2) is 18.2 Å². The summed E-state index contributed by atoms with van der Waals surface area (Å²) >= 11 is 10.4. The minimum absolute atomic E-state index is 0.0285. The summed E-state index contributed by atoms with van der Waals surface area (Å²) < 4.78 is 51.1. The van der Waals surface area contributed by atoms with E-state index < -0.39 is 15.5 Å². The van der Waals surface area contributed by atoms with Crippen molar-refractivity contribution in [3.63, 3.8) is 0 Å². The number of rotatable bonds is 13. The highest BCUT2D eigenvalue weighted by Crippen LogP contribution is 2.44. The molecule has 11 nitrogen and oxygen atoms in total. The summed E-state index contributed by atoms with van der Waals surface area (Å²) in [7, 11) is -5.67. The van der Waals surface area contributed by atoms with Gasteiger partial charge in [0.1, 0.15) is 5.75 Å². The van der Waals surface area contributed by atoms with E-state index in [1.165, 1.54) is 7.11 Å². The standard InChI is InChI=1S/C17H30N4O7P2S2/c1-6-25-29(22,26-7-2)20-16(31)18-13-10-11-14(15(12-13)24-5)19-17(32)21-30(23,27-8-3)28-9-4/h10-12H,6-9H2,1-5H3,(H2,18,20,22,31)(H2,19,21,23,32). The van der Waals surface area contributed by atoms with E-state index in [1.807, 2.05) is 0 Å². The minimum Gasteiger partial charge on any atom is -0.494 e.